The smallest absolute Gasteiger partial charge is 0.242 e. The van der Waals surface area contributed by atoms with Crippen LogP contribution in [-0.4, -0.2) is 35.1 Å². The number of rotatable bonds is 12. The molecular weight excluding hydrogens is 463 g/mol. The van der Waals surface area contributed by atoms with Gasteiger partial charge in [-0.15, -0.1) is 11.8 Å². The summed E-state index contributed by atoms with van der Waals surface area (Å²) in [6.07, 6.45) is 2.77. The minimum absolute atomic E-state index is 0.0619. The third-order valence-electron chi connectivity index (χ3n) is 5.18. The van der Waals surface area contributed by atoms with E-state index < -0.39 is 6.04 Å². The highest BCUT2D eigenvalue weighted by Crippen LogP contribution is 2.25. The number of hydrogen-bond acceptors (Lipinski definition) is 3. The number of carbonyl (C=O) groups excluding carboxylic acids is 2. The Kier molecular flexibility index (Phi) is 11.4. The summed E-state index contributed by atoms with van der Waals surface area (Å²) in [5.74, 6) is 0.458. The van der Waals surface area contributed by atoms with Crippen molar-refractivity contribution >= 4 is 46.8 Å². The van der Waals surface area contributed by atoms with Gasteiger partial charge in [-0.05, 0) is 49.6 Å². The number of nitrogens with zero attached hydrogens (tertiary/aromatic N) is 1. The topological polar surface area (TPSA) is 49.4 Å². The first-order chi connectivity index (χ1) is 15.3. The van der Waals surface area contributed by atoms with E-state index in [1.807, 2.05) is 19.9 Å². The van der Waals surface area contributed by atoms with Crippen molar-refractivity contribution in [2.75, 3.05) is 12.3 Å². The van der Waals surface area contributed by atoms with E-state index in [1.54, 1.807) is 28.8 Å². The van der Waals surface area contributed by atoms with E-state index in [0.29, 0.717) is 35.2 Å². The van der Waals surface area contributed by atoms with Crippen LogP contribution in [0.4, 0.5) is 0 Å². The van der Waals surface area contributed by atoms with E-state index in [4.69, 9.17) is 23.2 Å². The molecule has 0 spiro atoms. The van der Waals surface area contributed by atoms with E-state index in [1.165, 1.54) is 5.56 Å². The lowest BCUT2D eigenvalue weighted by molar-refractivity contribution is -0.141. The van der Waals surface area contributed by atoms with E-state index in [2.05, 4.69) is 36.5 Å². The molecule has 0 radical (unpaired) electrons. The molecule has 1 N–H and O–H groups in total. The molecule has 2 rings (SSSR count). The van der Waals surface area contributed by atoms with Crippen LogP contribution in [0.25, 0.3) is 0 Å². The summed E-state index contributed by atoms with van der Waals surface area (Å²) in [4.78, 5) is 28.9. The first kappa shape index (κ1) is 26.6. The summed E-state index contributed by atoms with van der Waals surface area (Å²) in [5.41, 5.74) is 1.98. The number of amides is 2. The Bertz CT molecular complexity index is 890. The Morgan fingerprint density at radius 1 is 1.09 bits per heavy atom. The number of carbonyl (C=O) groups is 2. The highest BCUT2D eigenvalue weighted by atomic mass is 35.5. The van der Waals surface area contributed by atoms with Crippen LogP contribution in [0.15, 0.2) is 47.4 Å². The largest absolute Gasteiger partial charge is 0.354 e. The molecule has 2 aromatic rings. The lowest BCUT2D eigenvalue weighted by Gasteiger charge is -2.31. The Hall–Kier alpha value is -1.69. The predicted octanol–water partition coefficient (Wildman–Crippen LogP) is 6.51. The normalized spacial score (nSPS) is 11.8. The molecule has 1 atom stereocenters. The quantitative estimate of drug-likeness (QED) is 0.270. The molecule has 0 fully saturated rings. The monoisotopic (exact) mass is 494 g/mol. The van der Waals surface area contributed by atoms with Crippen LogP contribution in [0.3, 0.4) is 0 Å². The van der Waals surface area contributed by atoms with Crippen LogP contribution in [-0.2, 0) is 16.1 Å². The maximum Gasteiger partial charge on any atom is 0.242 e. The molecule has 174 valence electrons. The number of thioether (sulfide) groups is 1. The van der Waals surface area contributed by atoms with Gasteiger partial charge < -0.3 is 10.2 Å². The summed E-state index contributed by atoms with van der Waals surface area (Å²) < 4.78 is 0. The first-order valence-corrected chi connectivity index (χ1v) is 12.8. The molecule has 0 aromatic heterocycles. The summed E-state index contributed by atoms with van der Waals surface area (Å²) in [7, 11) is 0. The molecule has 0 saturated carbocycles. The van der Waals surface area contributed by atoms with Crippen molar-refractivity contribution in [3.05, 3.63) is 63.6 Å². The molecule has 0 aliphatic carbocycles. The molecule has 2 amide bonds. The molecule has 7 heteroatoms. The number of nitrogens with one attached hydrogen (secondary N) is 1. The number of halogens is 2. The molecular formula is C25H32Cl2N2O2S. The molecule has 0 aliphatic heterocycles. The average Bonchev–Trinajstić information content (AvgIpc) is 2.76. The lowest BCUT2D eigenvalue weighted by Crippen LogP contribution is -2.49. The van der Waals surface area contributed by atoms with Crippen molar-refractivity contribution in [1.82, 2.24) is 10.2 Å². The lowest BCUT2D eigenvalue weighted by atomic mass is 10.1. The van der Waals surface area contributed by atoms with Crippen LogP contribution < -0.4 is 5.32 Å². The van der Waals surface area contributed by atoms with Crippen LogP contribution in [0.5, 0.6) is 0 Å². The van der Waals surface area contributed by atoms with Crippen LogP contribution in [0, 0.1) is 6.92 Å². The van der Waals surface area contributed by atoms with E-state index in [-0.39, 0.29) is 18.4 Å². The Labute approximate surface area is 206 Å². The fraction of sp³-hybridized carbons (Fsp3) is 0.440. The third kappa shape index (κ3) is 8.34. The van der Waals surface area contributed by atoms with Gasteiger partial charge >= 0.3 is 0 Å². The summed E-state index contributed by atoms with van der Waals surface area (Å²) >= 11 is 14.0. The zero-order valence-electron chi connectivity index (χ0n) is 19.0. The van der Waals surface area contributed by atoms with Crippen LogP contribution in [0.1, 0.15) is 50.7 Å². The number of aryl methyl sites for hydroxylation is 1. The fourth-order valence-corrected chi connectivity index (χ4v) is 4.60. The molecule has 0 saturated heterocycles. The maximum atomic E-state index is 13.3. The molecule has 0 bridgehead atoms. The van der Waals surface area contributed by atoms with Crippen molar-refractivity contribution in [2.24, 2.45) is 0 Å². The van der Waals surface area contributed by atoms with Gasteiger partial charge in [0.2, 0.25) is 11.8 Å². The second-order valence-electron chi connectivity index (χ2n) is 7.74. The van der Waals surface area contributed by atoms with Gasteiger partial charge in [-0.25, -0.2) is 0 Å². The zero-order chi connectivity index (χ0) is 23.5. The number of unbranched alkanes of at least 4 members (excludes halogenated alkanes) is 1. The Morgan fingerprint density at radius 2 is 1.81 bits per heavy atom. The van der Waals surface area contributed by atoms with Gasteiger partial charge in [-0.3, -0.25) is 9.59 Å². The van der Waals surface area contributed by atoms with Crippen molar-refractivity contribution in [3.8, 4) is 0 Å². The first-order valence-electron chi connectivity index (χ1n) is 11.1. The molecule has 0 aliphatic rings. The Balaban J connectivity index is 2.14. The van der Waals surface area contributed by atoms with Crippen LogP contribution in [0.2, 0.25) is 10.0 Å². The minimum atomic E-state index is -0.546. The van der Waals surface area contributed by atoms with Crippen LogP contribution >= 0.6 is 35.0 Å². The number of benzene rings is 2. The third-order valence-corrected chi connectivity index (χ3v) is 6.78. The molecule has 1 unspecified atom stereocenters. The van der Waals surface area contributed by atoms with Gasteiger partial charge in [-0.1, -0.05) is 67.2 Å². The molecule has 32 heavy (non-hydrogen) atoms. The van der Waals surface area contributed by atoms with Gasteiger partial charge in [0, 0.05) is 40.2 Å². The van der Waals surface area contributed by atoms with Crippen molar-refractivity contribution in [1.29, 1.82) is 0 Å². The van der Waals surface area contributed by atoms with Crippen molar-refractivity contribution in [2.45, 2.75) is 63.9 Å². The van der Waals surface area contributed by atoms with E-state index in [0.717, 1.165) is 23.3 Å². The SMILES string of the molecule is CCCCNC(=O)C(CC)N(Cc1ccc(Cl)cc1Cl)C(=O)CCSc1ccc(C)cc1. The van der Waals surface area contributed by atoms with Crippen molar-refractivity contribution < 1.29 is 9.59 Å². The Morgan fingerprint density at radius 3 is 2.44 bits per heavy atom. The van der Waals surface area contributed by atoms with E-state index in [9.17, 15) is 9.59 Å². The molecule has 0 heterocycles. The standard InChI is InChI=1S/C25H32Cl2N2O2S/c1-4-6-14-28-25(31)23(5-2)29(17-19-9-10-20(26)16-22(19)27)24(30)13-15-32-21-11-7-18(3)8-12-21/h7-12,16,23H,4-6,13-15,17H2,1-3H3,(H,28,31). The van der Waals surface area contributed by atoms with Crippen molar-refractivity contribution in [3.63, 3.8) is 0 Å². The second-order valence-corrected chi connectivity index (χ2v) is 9.75. The zero-order valence-corrected chi connectivity index (χ0v) is 21.3. The average molecular weight is 496 g/mol. The summed E-state index contributed by atoms with van der Waals surface area (Å²) in [6, 6.07) is 12.9. The molecule has 4 nitrogen and oxygen atoms in total. The van der Waals surface area contributed by atoms with Gasteiger partial charge in [-0.2, -0.15) is 0 Å². The summed E-state index contributed by atoms with van der Waals surface area (Å²) in [6.45, 7) is 6.93. The highest BCUT2D eigenvalue weighted by molar-refractivity contribution is 7.99. The summed E-state index contributed by atoms with van der Waals surface area (Å²) in [5, 5.41) is 4.00. The maximum absolute atomic E-state index is 13.3. The predicted molar refractivity (Wildman–Crippen MR) is 136 cm³/mol. The van der Waals surface area contributed by atoms with Gasteiger partial charge in [0.05, 0.1) is 0 Å². The molecule has 2 aromatic carbocycles. The van der Waals surface area contributed by atoms with Gasteiger partial charge in [0.15, 0.2) is 0 Å². The highest BCUT2D eigenvalue weighted by Gasteiger charge is 2.28. The number of hydrogen-bond donors (Lipinski definition) is 1. The fourth-order valence-electron chi connectivity index (χ4n) is 3.29. The van der Waals surface area contributed by atoms with Gasteiger partial charge in [0.1, 0.15) is 6.04 Å². The minimum Gasteiger partial charge on any atom is -0.354 e. The second kappa shape index (κ2) is 13.8. The van der Waals surface area contributed by atoms with E-state index >= 15 is 0 Å². The van der Waals surface area contributed by atoms with Gasteiger partial charge in [0.25, 0.3) is 0 Å².